The van der Waals surface area contributed by atoms with E-state index in [4.69, 9.17) is 10.5 Å². The predicted octanol–water partition coefficient (Wildman–Crippen LogP) is -0.0343. The monoisotopic (exact) mass is 258 g/mol. The minimum Gasteiger partial charge on any atom is -0.481 e. The molecule has 0 aliphatic carbocycles. The van der Waals surface area contributed by atoms with Gasteiger partial charge >= 0.3 is 5.97 Å². The summed E-state index contributed by atoms with van der Waals surface area (Å²) in [6, 6.07) is -1.23. The first kappa shape index (κ1) is 14.9. The molecule has 1 saturated heterocycles. The van der Waals surface area contributed by atoms with Crippen LogP contribution in [0.5, 0.6) is 0 Å². The van der Waals surface area contributed by atoms with E-state index >= 15 is 0 Å². The number of carbonyl (C=O) groups excluding carboxylic acids is 1. The molecule has 104 valence electrons. The number of carbonyl (C=O) groups is 2. The van der Waals surface area contributed by atoms with Gasteiger partial charge in [0.2, 0.25) is 5.91 Å². The Morgan fingerprint density at radius 3 is 2.50 bits per heavy atom. The molecule has 1 rings (SSSR count). The Morgan fingerprint density at radius 2 is 2.06 bits per heavy atom. The number of rotatable bonds is 3. The molecule has 1 amide bonds. The summed E-state index contributed by atoms with van der Waals surface area (Å²) in [6.07, 6.45) is 0. The first-order valence-electron chi connectivity index (χ1n) is 5.96. The average Bonchev–Trinajstić information content (AvgIpc) is 2.59. The highest BCUT2D eigenvalue weighted by molar-refractivity contribution is 5.84. The van der Waals surface area contributed by atoms with Gasteiger partial charge in [0.25, 0.3) is 0 Å². The number of aliphatic carboxylic acids is 1. The van der Waals surface area contributed by atoms with Crippen molar-refractivity contribution in [3.8, 4) is 0 Å². The Balaban J connectivity index is 2.74. The van der Waals surface area contributed by atoms with Gasteiger partial charge in [0, 0.05) is 0 Å². The van der Waals surface area contributed by atoms with Crippen LogP contribution in [-0.2, 0) is 14.3 Å². The lowest BCUT2D eigenvalue weighted by atomic mass is 9.83. The molecule has 0 radical (unpaired) electrons. The lowest BCUT2D eigenvalue weighted by molar-refractivity contribution is -0.149. The van der Waals surface area contributed by atoms with E-state index in [0.29, 0.717) is 0 Å². The normalized spacial score (nSPS) is 29.9. The average molecular weight is 258 g/mol. The van der Waals surface area contributed by atoms with Gasteiger partial charge in [-0.1, -0.05) is 20.8 Å². The Hall–Kier alpha value is -1.14. The van der Waals surface area contributed by atoms with Crippen molar-refractivity contribution in [3.05, 3.63) is 0 Å². The SMILES string of the molecule is CC1(C(=O)O)COCC1NC(=O)[C@H](N)C(C)(C)C. The molecule has 1 aliphatic rings. The summed E-state index contributed by atoms with van der Waals surface area (Å²) in [5, 5.41) is 11.9. The smallest absolute Gasteiger partial charge is 0.313 e. The van der Waals surface area contributed by atoms with Crippen LogP contribution in [0, 0.1) is 10.8 Å². The van der Waals surface area contributed by atoms with Crippen LogP contribution < -0.4 is 11.1 Å². The van der Waals surface area contributed by atoms with Crippen molar-refractivity contribution >= 4 is 11.9 Å². The van der Waals surface area contributed by atoms with Gasteiger partial charge in [-0.3, -0.25) is 9.59 Å². The maximum absolute atomic E-state index is 12.0. The van der Waals surface area contributed by atoms with Crippen LogP contribution in [0.25, 0.3) is 0 Å². The summed E-state index contributed by atoms with van der Waals surface area (Å²) in [4.78, 5) is 23.2. The highest BCUT2D eigenvalue weighted by Gasteiger charge is 2.48. The number of nitrogens with one attached hydrogen (secondary N) is 1. The van der Waals surface area contributed by atoms with Crippen molar-refractivity contribution in [2.75, 3.05) is 13.2 Å². The molecule has 6 heteroatoms. The Morgan fingerprint density at radius 1 is 1.50 bits per heavy atom. The van der Waals surface area contributed by atoms with Crippen molar-refractivity contribution in [1.29, 1.82) is 0 Å². The van der Waals surface area contributed by atoms with Crippen LogP contribution in [0.3, 0.4) is 0 Å². The Labute approximate surface area is 107 Å². The quantitative estimate of drug-likeness (QED) is 0.659. The Bertz CT molecular complexity index is 350. The van der Waals surface area contributed by atoms with Crippen molar-refractivity contribution in [1.82, 2.24) is 5.32 Å². The zero-order valence-corrected chi connectivity index (χ0v) is 11.3. The number of hydrogen-bond acceptors (Lipinski definition) is 4. The topological polar surface area (TPSA) is 102 Å². The highest BCUT2D eigenvalue weighted by Crippen LogP contribution is 2.29. The van der Waals surface area contributed by atoms with E-state index in [1.54, 1.807) is 6.92 Å². The zero-order chi connectivity index (χ0) is 14.1. The molecule has 0 spiro atoms. The van der Waals surface area contributed by atoms with Gasteiger partial charge in [-0.15, -0.1) is 0 Å². The number of amides is 1. The second kappa shape index (κ2) is 4.85. The molecule has 3 atom stereocenters. The van der Waals surface area contributed by atoms with Gasteiger partial charge in [-0.05, 0) is 12.3 Å². The van der Waals surface area contributed by atoms with Crippen molar-refractivity contribution in [2.24, 2.45) is 16.6 Å². The third kappa shape index (κ3) is 2.81. The van der Waals surface area contributed by atoms with Crippen molar-refractivity contribution in [3.63, 3.8) is 0 Å². The second-order valence-electron chi connectivity index (χ2n) is 6.14. The van der Waals surface area contributed by atoms with E-state index in [1.165, 1.54) is 0 Å². The fourth-order valence-corrected chi connectivity index (χ4v) is 1.74. The molecule has 4 N–H and O–H groups in total. The molecular weight excluding hydrogens is 236 g/mol. The largest absolute Gasteiger partial charge is 0.481 e. The third-order valence-corrected chi connectivity index (χ3v) is 3.48. The lowest BCUT2D eigenvalue weighted by Gasteiger charge is -2.30. The molecule has 0 bridgehead atoms. The fourth-order valence-electron chi connectivity index (χ4n) is 1.74. The standard InChI is InChI=1S/C12H22N2O4/c1-11(2,3)8(13)9(15)14-7-5-18-6-12(7,4)10(16)17/h7-8H,5-6,13H2,1-4H3,(H,14,15)(H,16,17)/t7?,8-,12?/m0/s1. The molecule has 6 nitrogen and oxygen atoms in total. The van der Waals surface area contributed by atoms with Crippen LogP contribution in [0.1, 0.15) is 27.7 Å². The van der Waals surface area contributed by atoms with Crippen LogP contribution in [-0.4, -0.2) is 42.3 Å². The Kier molecular flexibility index (Phi) is 4.02. The summed E-state index contributed by atoms with van der Waals surface area (Å²) in [7, 11) is 0. The molecule has 1 fully saturated rings. The minimum atomic E-state index is -1.09. The number of carboxylic acids is 1. The number of ether oxygens (including phenoxy) is 1. The van der Waals surface area contributed by atoms with Crippen LogP contribution in [0.15, 0.2) is 0 Å². The van der Waals surface area contributed by atoms with Crippen molar-refractivity contribution in [2.45, 2.75) is 39.8 Å². The van der Waals surface area contributed by atoms with E-state index in [2.05, 4.69) is 5.32 Å². The predicted molar refractivity (Wildman–Crippen MR) is 65.9 cm³/mol. The molecule has 2 unspecified atom stereocenters. The number of nitrogens with two attached hydrogens (primary N) is 1. The van der Waals surface area contributed by atoms with E-state index in [0.717, 1.165) is 0 Å². The van der Waals surface area contributed by atoms with Gasteiger partial charge in [-0.25, -0.2) is 0 Å². The summed E-state index contributed by atoms with van der Waals surface area (Å²) < 4.78 is 5.16. The van der Waals surface area contributed by atoms with Gasteiger partial charge < -0.3 is 20.9 Å². The maximum Gasteiger partial charge on any atom is 0.313 e. The van der Waals surface area contributed by atoms with Gasteiger partial charge in [0.15, 0.2) is 0 Å². The van der Waals surface area contributed by atoms with Crippen LogP contribution in [0.2, 0.25) is 0 Å². The van der Waals surface area contributed by atoms with Crippen LogP contribution in [0.4, 0.5) is 0 Å². The maximum atomic E-state index is 12.0. The molecule has 18 heavy (non-hydrogen) atoms. The number of carboxylic acid groups (broad SMARTS) is 1. The molecule has 1 heterocycles. The first-order valence-corrected chi connectivity index (χ1v) is 5.96. The lowest BCUT2D eigenvalue weighted by Crippen LogP contribution is -2.56. The van der Waals surface area contributed by atoms with Gasteiger partial charge in [0.1, 0.15) is 5.41 Å². The van der Waals surface area contributed by atoms with Gasteiger partial charge in [-0.2, -0.15) is 0 Å². The molecule has 0 aromatic heterocycles. The zero-order valence-electron chi connectivity index (χ0n) is 11.3. The summed E-state index contributed by atoms with van der Waals surface area (Å²) in [5.41, 5.74) is 4.37. The summed E-state index contributed by atoms with van der Waals surface area (Å²) in [6.45, 7) is 7.44. The molecule has 1 aliphatic heterocycles. The third-order valence-electron chi connectivity index (χ3n) is 3.48. The summed E-state index contributed by atoms with van der Waals surface area (Å²) in [5.74, 6) is -1.32. The molecule has 0 aromatic rings. The van der Waals surface area contributed by atoms with E-state index in [-0.39, 0.29) is 24.5 Å². The van der Waals surface area contributed by atoms with Gasteiger partial charge in [0.05, 0.1) is 25.3 Å². The minimum absolute atomic E-state index is 0.0953. The van der Waals surface area contributed by atoms with E-state index < -0.39 is 23.5 Å². The number of hydrogen-bond donors (Lipinski definition) is 3. The molecular formula is C12H22N2O4. The van der Waals surface area contributed by atoms with E-state index in [1.807, 2.05) is 20.8 Å². The van der Waals surface area contributed by atoms with Crippen molar-refractivity contribution < 1.29 is 19.4 Å². The first-order chi connectivity index (χ1) is 8.09. The van der Waals surface area contributed by atoms with Crippen LogP contribution >= 0.6 is 0 Å². The van der Waals surface area contributed by atoms with E-state index in [9.17, 15) is 14.7 Å². The second-order valence-corrected chi connectivity index (χ2v) is 6.14. The molecule has 0 saturated carbocycles. The highest BCUT2D eigenvalue weighted by atomic mass is 16.5. The molecule has 0 aromatic carbocycles. The summed E-state index contributed by atoms with van der Waals surface area (Å²) >= 11 is 0. The fraction of sp³-hybridized carbons (Fsp3) is 0.833.